The molecule has 0 unspecified atom stereocenters. The molecule has 1 radical (unpaired) electrons. The van der Waals surface area contributed by atoms with Crippen LogP contribution in [-0.4, -0.2) is 31.7 Å². The minimum absolute atomic E-state index is 0.260. The second-order valence-electron chi connectivity index (χ2n) is 2.81. The van der Waals surface area contributed by atoms with Gasteiger partial charge in [-0.3, -0.25) is 0 Å². The molecule has 0 atom stereocenters. The summed E-state index contributed by atoms with van der Waals surface area (Å²) >= 11 is 0. The van der Waals surface area contributed by atoms with Crippen molar-refractivity contribution in [1.82, 2.24) is 4.90 Å². The van der Waals surface area contributed by atoms with E-state index in [1.165, 1.54) is 7.11 Å². The Kier molecular flexibility index (Phi) is 6.53. The zero-order valence-corrected chi connectivity index (χ0v) is 8.01. The van der Waals surface area contributed by atoms with Gasteiger partial charge in [-0.25, -0.2) is 4.79 Å². The Bertz CT molecular complexity index is 126. The molecule has 12 heavy (non-hydrogen) atoms. The van der Waals surface area contributed by atoms with Crippen LogP contribution in [0.2, 0.25) is 0 Å². The molecule has 0 fully saturated rings. The van der Waals surface area contributed by atoms with E-state index in [0.717, 1.165) is 32.2 Å². The van der Waals surface area contributed by atoms with E-state index in [4.69, 9.17) is 0 Å². The monoisotopic (exact) mass is 172 g/mol. The highest BCUT2D eigenvalue weighted by atomic mass is 16.5. The Morgan fingerprint density at radius 1 is 1.42 bits per heavy atom. The summed E-state index contributed by atoms with van der Waals surface area (Å²) in [6.07, 6.45) is 4.01. The van der Waals surface area contributed by atoms with Crippen LogP contribution in [0.1, 0.15) is 25.7 Å². The fraction of sp³-hybridized carbons (Fsp3) is 0.778. The van der Waals surface area contributed by atoms with Gasteiger partial charge in [-0.05, 0) is 6.42 Å². The molecule has 0 saturated heterocycles. The standard InChI is InChI=1S/C9H18NO2/c1-4-5-6-7-8-10(2)9(11)12-3/h1,4-8H2,2-3H3. The summed E-state index contributed by atoms with van der Waals surface area (Å²) in [5, 5.41) is 0. The maximum absolute atomic E-state index is 10.9. The highest BCUT2D eigenvalue weighted by molar-refractivity contribution is 5.66. The average Bonchev–Trinajstić information content (AvgIpc) is 2.10. The molecule has 0 rings (SSSR count). The molecule has 1 amide bonds. The van der Waals surface area contributed by atoms with Crippen LogP contribution in [-0.2, 0) is 4.74 Å². The van der Waals surface area contributed by atoms with E-state index in [-0.39, 0.29) is 6.09 Å². The molecule has 0 aromatic carbocycles. The predicted octanol–water partition coefficient (Wildman–Crippen LogP) is 2.08. The van der Waals surface area contributed by atoms with Gasteiger partial charge in [-0.2, -0.15) is 0 Å². The Labute approximate surface area is 74.7 Å². The fourth-order valence-electron chi connectivity index (χ4n) is 0.950. The summed E-state index contributed by atoms with van der Waals surface area (Å²) < 4.78 is 4.54. The van der Waals surface area contributed by atoms with Crippen molar-refractivity contribution in [1.29, 1.82) is 0 Å². The largest absolute Gasteiger partial charge is 0.453 e. The van der Waals surface area contributed by atoms with Gasteiger partial charge in [0.2, 0.25) is 0 Å². The van der Waals surface area contributed by atoms with Gasteiger partial charge in [-0.15, -0.1) is 0 Å². The minimum atomic E-state index is -0.260. The average molecular weight is 172 g/mol. The molecule has 0 aromatic heterocycles. The van der Waals surface area contributed by atoms with Crippen LogP contribution in [0.4, 0.5) is 4.79 Å². The highest BCUT2D eigenvalue weighted by Crippen LogP contribution is 2.00. The summed E-state index contributed by atoms with van der Waals surface area (Å²) in [5.74, 6) is 0. The van der Waals surface area contributed by atoms with Crippen molar-refractivity contribution in [3.05, 3.63) is 6.92 Å². The number of hydrogen-bond donors (Lipinski definition) is 0. The number of methoxy groups -OCH3 is 1. The number of ether oxygens (including phenoxy) is 1. The number of rotatable bonds is 5. The molecule has 0 saturated carbocycles. The molecule has 0 bridgehead atoms. The Morgan fingerprint density at radius 2 is 2.08 bits per heavy atom. The summed E-state index contributed by atoms with van der Waals surface area (Å²) in [5.41, 5.74) is 0. The lowest BCUT2D eigenvalue weighted by molar-refractivity contribution is 0.132. The molecule has 0 N–H and O–H groups in total. The quantitative estimate of drug-likeness (QED) is 0.594. The molecule has 0 spiro atoms. The molecule has 0 aliphatic heterocycles. The molecule has 0 aliphatic carbocycles. The van der Waals surface area contributed by atoms with Crippen molar-refractivity contribution in [2.24, 2.45) is 0 Å². The van der Waals surface area contributed by atoms with E-state index in [1.54, 1.807) is 11.9 Å². The third-order valence-electron chi connectivity index (χ3n) is 1.73. The maximum atomic E-state index is 10.9. The Hall–Kier alpha value is -0.730. The van der Waals surface area contributed by atoms with Crippen LogP contribution in [0.3, 0.4) is 0 Å². The molecule has 0 heterocycles. The van der Waals surface area contributed by atoms with Crippen molar-refractivity contribution in [3.8, 4) is 0 Å². The first-order valence-electron chi connectivity index (χ1n) is 4.30. The van der Waals surface area contributed by atoms with Crippen molar-refractivity contribution in [3.63, 3.8) is 0 Å². The number of carbonyl (C=O) groups is 1. The van der Waals surface area contributed by atoms with Gasteiger partial charge in [0.05, 0.1) is 7.11 Å². The molecular weight excluding hydrogens is 154 g/mol. The smallest absolute Gasteiger partial charge is 0.409 e. The summed E-state index contributed by atoms with van der Waals surface area (Å²) in [6, 6.07) is 0. The predicted molar refractivity (Wildman–Crippen MR) is 48.9 cm³/mol. The van der Waals surface area contributed by atoms with Crippen molar-refractivity contribution in [2.75, 3.05) is 20.7 Å². The van der Waals surface area contributed by atoms with E-state index in [9.17, 15) is 4.79 Å². The van der Waals surface area contributed by atoms with Gasteiger partial charge in [0, 0.05) is 13.6 Å². The molecule has 3 heteroatoms. The van der Waals surface area contributed by atoms with Gasteiger partial charge in [-0.1, -0.05) is 26.2 Å². The molecule has 0 aliphatic rings. The van der Waals surface area contributed by atoms with Crippen molar-refractivity contribution < 1.29 is 9.53 Å². The van der Waals surface area contributed by atoms with Crippen molar-refractivity contribution in [2.45, 2.75) is 25.7 Å². The third-order valence-corrected chi connectivity index (χ3v) is 1.73. The first-order valence-corrected chi connectivity index (χ1v) is 4.30. The van der Waals surface area contributed by atoms with Gasteiger partial charge >= 0.3 is 6.09 Å². The second-order valence-corrected chi connectivity index (χ2v) is 2.81. The van der Waals surface area contributed by atoms with E-state index in [1.807, 2.05) is 0 Å². The zero-order chi connectivity index (χ0) is 9.40. The van der Waals surface area contributed by atoms with Crippen LogP contribution in [0.15, 0.2) is 0 Å². The van der Waals surface area contributed by atoms with E-state index in [2.05, 4.69) is 11.7 Å². The third kappa shape index (κ3) is 4.99. The zero-order valence-electron chi connectivity index (χ0n) is 8.01. The number of amides is 1. The highest BCUT2D eigenvalue weighted by Gasteiger charge is 2.05. The SMILES string of the molecule is [CH2]CCCCCN(C)C(=O)OC. The first kappa shape index (κ1) is 11.3. The summed E-state index contributed by atoms with van der Waals surface area (Å²) in [6.45, 7) is 4.52. The maximum Gasteiger partial charge on any atom is 0.409 e. The number of hydrogen-bond acceptors (Lipinski definition) is 2. The van der Waals surface area contributed by atoms with E-state index < -0.39 is 0 Å². The van der Waals surface area contributed by atoms with Crippen LogP contribution < -0.4 is 0 Å². The lowest BCUT2D eigenvalue weighted by Crippen LogP contribution is -2.27. The fourth-order valence-corrected chi connectivity index (χ4v) is 0.950. The second kappa shape index (κ2) is 6.95. The number of unbranched alkanes of at least 4 members (excludes halogenated alkanes) is 3. The van der Waals surface area contributed by atoms with Crippen LogP contribution in [0, 0.1) is 6.92 Å². The van der Waals surface area contributed by atoms with Gasteiger partial charge < -0.3 is 9.64 Å². The molecule has 0 aromatic rings. The normalized spacial score (nSPS) is 9.58. The lowest BCUT2D eigenvalue weighted by Gasteiger charge is -2.14. The first-order chi connectivity index (χ1) is 5.72. The van der Waals surface area contributed by atoms with Gasteiger partial charge in [0.25, 0.3) is 0 Å². The van der Waals surface area contributed by atoms with E-state index in [0.29, 0.717) is 0 Å². The molecule has 71 valence electrons. The topological polar surface area (TPSA) is 29.5 Å². The summed E-state index contributed by atoms with van der Waals surface area (Å²) in [7, 11) is 3.14. The molecule has 3 nitrogen and oxygen atoms in total. The van der Waals surface area contributed by atoms with Crippen LogP contribution in [0.25, 0.3) is 0 Å². The minimum Gasteiger partial charge on any atom is -0.453 e. The van der Waals surface area contributed by atoms with Gasteiger partial charge in [0.15, 0.2) is 0 Å². The van der Waals surface area contributed by atoms with Crippen LogP contribution >= 0.6 is 0 Å². The lowest BCUT2D eigenvalue weighted by atomic mass is 10.2. The summed E-state index contributed by atoms with van der Waals surface area (Å²) in [4.78, 5) is 12.5. The Morgan fingerprint density at radius 3 is 2.58 bits per heavy atom. The molecular formula is C9H18NO2. The number of carbonyl (C=O) groups excluding carboxylic acids is 1. The van der Waals surface area contributed by atoms with Crippen LogP contribution in [0.5, 0.6) is 0 Å². The Balaban J connectivity index is 3.31. The van der Waals surface area contributed by atoms with E-state index >= 15 is 0 Å². The van der Waals surface area contributed by atoms with Crippen molar-refractivity contribution >= 4 is 6.09 Å². The number of nitrogens with zero attached hydrogens (tertiary/aromatic N) is 1. The van der Waals surface area contributed by atoms with Gasteiger partial charge in [0.1, 0.15) is 0 Å².